The molecule has 96 valence electrons. The number of aliphatic hydroxyl groups excluding tert-OH is 1. The van der Waals surface area contributed by atoms with Gasteiger partial charge in [-0.25, -0.2) is 0 Å². The first-order valence-corrected chi connectivity index (χ1v) is 6.42. The number of benzene rings is 1. The van der Waals surface area contributed by atoms with Crippen molar-refractivity contribution in [1.82, 2.24) is 4.90 Å². The van der Waals surface area contributed by atoms with E-state index in [-0.39, 0.29) is 6.61 Å². The Balaban J connectivity index is 2.61. The van der Waals surface area contributed by atoms with Crippen molar-refractivity contribution in [3.63, 3.8) is 0 Å². The molecule has 0 bridgehead atoms. The van der Waals surface area contributed by atoms with Crippen LogP contribution in [0.2, 0.25) is 0 Å². The molecule has 1 rings (SSSR count). The van der Waals surface area contributed by atoms with Crippen molar-refractivity contribution >= 4 is 0 Å². The maximum atomic E-state index is 9.21. The molecule has 0 aliphatic heterocycles. The van der Waals surface area contributed by atoms with Gasteiger partial charge in [-0.1, -0.05) is 30.7 Å². The summed E-state index contributed by atoms with van der Waals surface area (Å²) in [6.45, 7) is 8.63. The first kappa shape index (κ1) is 14.2. The summed E-state index contributed by atoms with van der Waals surface area (Å²) in [6, 6.07) is 6.59. The monoisotopic (exact) mass is 235 g/mol. The Morgan fingerprint density at radius 2 is 2.00 bits per heavy atom. The lowest BCUT2D eigenvalue weighted by Gasteiger charge is -2.22. The average molecular weight is 235 g/mol. The second-order valence-corrected chi connectivity index (χ2v) is 5.08. The Hall–Kier alpha value is -0.860. The highest BCUT2D eigenvalue weighted by Crippen LogP contribution is 2.14. The van der Waals surface area contributed by atoms with Crippen LogP contribution >= 0.6 is 0 Å². The molecule has 1 aromatic carbocycles. The van der Waals surface area contributed by atoms with Gasteiger partial charge in [0.1, 0.15) is 0 Å². The van der Waals surface area contributed by atoms with Gasteiger partial charge in [0.15, 0.2) is 0 Å². The van der Waals surface area contributed by atoms with Crippen molar-refractivity contribution in [3.8, 4) is 0 Å². The van der Waals surface area contributed by atoms with Crippen molar-refractivity contribution in [2.45, 2.75) is 33.7 Å². The molecule has 0 aliphatic carbocycles. The predicted molar refractivity (Wildman–Crippen MR) is 73.1 cm³/mol. The lowest BCUT2D eigenvalue weighted by Crippen LogP contribution is -2.27. The molecule has 2 heteroatoms. The number of hydrogen-bond donors (Lipinski definition) is 1. The smallest absolute Gasteiger partial charge is 0.0471 e. The molecule has 0 saturated carbocycles. The van der Waals surface area contributed by atoms with Crippen LogP contribution in [0.5, 0.6) is 0 Å². The number of rotatable bonds is 6. The Kier molecular flexibility index (Phi) is 5.66. The normalized spacial score (nSPS) is 13.1. The molecule has 0 amide bonds. The van der Waals surface area contributed by atoms with E-state index < -0.39 is 0 Å². The fraction of sp³-hybridized carbons (Fsp3) is 0.600. The van der Waals surface area contributed by atoms with Crippen LogP contribution in [0.15, 0.2) is 18.2 Å². The Morgan fingerprint density at radius 1 is 1.29 bits per heavy atom. The highest BCUT2D eigenvalue weighted by atomic mass is 16.3. The van der Waals surface area contributed by atoms with Gasteiger partial charge in [-0.3, -0.25) is 0 Å². The summed E-state index contributed by atoms with van der Waals surface area (Å²) < 4.78 is 0. The van der Waals surface area contributed by atoms with Crippen molar-refractivity contribution in [2.75, 3.05) is 20.2 Å². The minimum Gasteiger partial charge on any atom is -0.396 e. The Labute approximate surface area is 105 Å². The van der Waals surface area contributed by atoms with E-state index in [1.54, 1.807) is 0 Å². The van der Waals surface area contributed by atoms with Gasteiger partial charge in [-0.15, -0.1) is 0 Å². The van der Waals surface area contributed by atoms with Crippen LogP contribution < -0.4 is 0 Å². The second kappa shape index (κ2) is 6.77. The largest absolute Gasteiger partial charge is 0.396 e. The molecule has 0 saturated heterocycles. The zero-order chi connectivity index (χ0) is 12.8. The van der Waals surface area contributed by atoms with E-state index in [1.807, 2.05) is 0 Å². The SMILES string of the molecule is CCC(CO)CN(C)Cc1cc(C)ccc1C. The van der Waals surface area contributed by atoms with E-state index in [9.17, 15) is 5.11 Å². The van der Waals surface area contributed by atoms with Gasteiger partial charge in [0.2, 0.25) is 0 Å². The van der Waals surface area contributed by atoms with Gasteiger partial charge in [0.25, 0.3) is 0 Å². The van der Waals surface area contributed by atoms with E-state index in [0.29, 0.717) is 5.92 Å². The van der Waals surface area contributed by atoms with E-state index in [2.05, 4.69) is 50.9 Å². The van der Waals surface area contributed by atoms with Crippen molar-refractivity contribution in [2.24, 2.45) is 5.92 Å². The third-order valence-electron chi connectivity index (χ3n) is 3.35. The lowest BCUT2D eigenvalue weighted by atomic mass is 10.0. The maximum absolute atomic E-state index is 9.21. The van der Waals surface area contributed by atoms with Crippen LogP contribution in [0, 0.1) is 19.8 Å². The molecule has 0 heterocycles. The molecular weight excluding hydrogens is 210 g/mol. The van der Waals surface area contributed by atoms with Crippen LogP contribution in [-0.2, 0) is 6.54 Å². The zero-order valence-electron chi connectivity index (χ0n) is 11.5. The number of aliphatic hydroxyl groups is 1. The van der Waals surface area contributed by atoms with E-state index in [0.717, 1.165) is 19.5 Å². The highest BCUT2D eigenvalue weighted by molar-refractivity contribution is 5.30. The number of nitrogens with zero attached hydrogens (tertiary/aromatic N) is 1. The van der Waals surface area contributed by atoms with Gasteiger partial charge < -0.3 is 10.0 Å². The van der Waals surface area contributed by atoms with E-state index >= 15 is 0 Å². The summed E-state index contributed by atoms with van der Waals surface area (Å²) in [5.41, 5.74) is 4.05. The molecule has 1 unspecified atom stereocenters. The van der Waals surface area contributed by atoms with Crippen LogP contribution in [-0.4, -0.2) is 30.2 Å². The molecule has 0 radical (unpaired) electrons. The fourth-order valence-electron chi connectivity index (χ4n) is 2.08. The van der Waals surface area contributed by atoms with Crippen LogP contribution in [0.3, 0.4) is 0 Å². The zero-order valence-corrected chi connectivity index (χ0v) is 11.5. The first-order chi connectivity index (χ1) is 8.06. The summed E-state index contributed by atoms with van der Waals surface area (Å²) in [5.74, 6) is 0.394. The van der Waals surface area contributed by atoms with Gasteiger partial charge >= 0.3 is 0 Å². The lowest BCUT2D eigenvalue weighted by molar-refractivity contribution is 0.173. The highest BCUT2D eigenvalue weighted by Gasteiger charge is 2.09. The molecule has 0 fully saturated rings. The van der Waals surface area contributed by atoms with E-state index in [1.165, 1.54) is 16.7 Å². The maximum Gasteiger partial charge on any atom is 0.0471 e. The van der Waals surface area contributed by atoms with Gasteiger partial charge in [-0.05, 0) is 44.4 Å². The molecule has 0 aromatic heterocycles. The second-order valence-electron chi connectivity index (χ2n) is 5.08. The summed E-state index contributed by atoms with van der Waals surface area (Å²) in [7, 11) is 2.13. The number of aryl methyl sites for hydroxylation is 2. The van der Waals surface area contributed by atoms with Gasteiger partial charge in [0.05, 0.1) is 0 Å². The third-order valence-corrected chi connectivity index (χ3v) is 3.35. The molecule has 0 spiro atoms. The van der Waals surface area contributed by atoms with E-state index in [4.69, 9.17) is 0 Å². The number of hydrogen-bond acceptors (Lipinski definition) is 2. The summed E-state index contributed by atoms with van der Waals surface area (Å²) in [5, 5.41) is 9.21. The average Bonchev–Trinajstić information content (AvgIpc) is 2.31. The van der Waals surface area contributed by atoms with Crippen LogP contribution in [0.4, 0.5) is 0 Å². The predicted octanol–water partition coefficient (Wildman–Crippen LogP) is 2.75. The van der Waals surface area contributed by atoms with Crippen molar-refractivity contribution in [3.05, 3.63) is 34.9 Å². The molecular formula is C15H25NO. The molecule has 1 atom stereocenters. The van der Waals surface area contributed by atoms with Crippen molar-refractivity contribution < 1.29 is 5.11 Å². The minimum atomic E-state index is 0.285. The van der Waals surface area contributed by atoms with Gasteiger partial charge in [0, 0.05) is 19.7 Å². The quantitative estimate of drug-likeness (QED) is 0.819. The molecule has 1 N–H and O–H groups in total. The molecule has 17 heavy (non-hydrogen) atoms. The Bertz CT molecular complexity index is 345. The Morgan fingerprint density at radius 3 is 2.59 bits per heavy atom. The van der Waals surface area contributed by atoms with Crippen LogP contribution in [0.1, 0.15) is 30.0 Å². The third kappa shape index (κ3) is 4.49. The summed E-state index contributed by atoms with van der Waals surface area (Å²) in [4.78, 5) is 2.30. The first-order valence-electron chi connectivity index (χ1n) is 6.42. The fourth-order valence-corrected chi connectivity index (χ4v) is 2.08. The van der Waals surface area contributed by atoms with Gasteiger partial charge in [-0.2, -0.15) is 0 Å². The molecule has 1 aromatic rings. The molecule has 0 aliphatic rings. The topological polar surface area (TPSA) is 23.5 Å². The van der Waals surface area contributed by atoms with Crippen molar-refractivity contribution in [1.29, 1.82) is 0 Å². The molecule has 2 nitrogen and oxygen atoms in total. The summed E-state index contributed by atoms with van der Waals surface area (Å²) >= 11 is 0. The minimum absolute atomic E-state index is 0.285. The summed E-state index contributed by atoms with van der Waals surface area (Å²) in [6.07, 6.45) is 1.04. The standard InChI is InChI=1S/C15H25NO/c1-5-14(11-17)9-16(4)10-15-8-12(2)6-7-13(15)3/h6-8,14,17H,5,9-11H2,1-4H3. The van der Waals surface area contributed by atoms with Crippen LogP contribution in [0.25, 0.3) is 0 Å².